The number of piperidine rings is 1. The molecule has 0 atom stereocenters. The molecule has 0 saturated carbocycles. The monoisotopic (exact) mass is 316 g/mol. The first-order chi connectivity index (χ1) is 10.7. The molecule has 0 bridgehead atoms. The lowest BCUT2D eigenvalue weighted by molar-refractivity contribution is 0.0582. The van der Waals surface area contributed by atoms with Crippen LogP contribution in [-0.2, 0) is 4.74 Å². The zero-order chi connectivity index (χ0) is 15.5. The number of methoxy groups -OCH3 is 1. The molecule has 6 nitrogen and oxygen atoms in total. The molecule has 22 heavy (non-hydrogen) atoms. The quantitative estimate of drug-likeness (QED) is 0.813. The summed E-state index contributed by atoms with van der Waals surface area (Å²) in [6, 6.07) is 7.92. The van der Waals surface area contributed by atoms with Crippen molar-refractivity contribution in [3.8, 4) is 6.07 Å². The second-order valence-electron chi connectivity index (χ2n) is 5.12. The Bertz CT molecular complexity index is 707. The highest BCUT2D eigenvalue weighted by atomic mass is 32.1. The van der Waals surface area contributed by atoms with E-state index in [2.05, 4.69) is 16.1 Å². The van der Waals surface area contributed by atoms with Gasteiger partial charge in [0, 0.05) is 19.3 Å². The highest BCUT2D eigenvalue weighted by Crippen LogP contribution is 2.31. The Morgan fingerprint density at radius 2 is 2.18 bits per heavy atom. The van der Waals surface area contributed by atoms with Crippen LogP contribution >= 0.6 is 11.3 Å². The van der Waals surface area contributed by atoms with Gasteiger partial charge in [0.1, 0.15) is 16.6 Å². The van der Waals surface area contributed by atoms with Crippen LogP contribution in [0.5, 0.6) is 0 Å². The first-order valence-corrected chi connectivity index (χ1v) is 7.91. The first-order valence-electron chi connectivity index (χ1n) is 7.09. The lowest BCUT2D eigenvalue weighted by atomic mass is 10.1. The third-order valence-corrected chi connectivity index (χ3v) is 4.94. The summed E-state index contributed by atoms with van der Waals surface area (Å²) in [5.74, 6) is -0.350. The molecule has 0 aromatic carbocycles. The standard InChI is InChI=1S/C15H16N4O2S/c1-21-15(20)13-4-7-17-19(13)11-5-8-18(9-6-11)14-3-2-12(10-16)22-14/h2-4,7,11H,5-6,8-9H2,1H3. The van der Waals surface area contributed by atoms with Crippen LogP contribution in [0.25, 0.3) is 0 Å². The summed E-state index contributed by atoms with van der Waals surface area (Å²) in [6.45, 7) is 1.77. The van der Waals surface area contributed by atoms with Gasteiger partial charge < -0.3 is 9.64 Å². The van der Waals surface area contributed by atoms with Crippen molar-refractivity contribution in [2.45, 2.75) is 18.9 Å². The lowest BCUT2D eigenvalue weighted by Crippen LogP contribution is -2.35. The molecule has 0 radical (unpaired) electrons. The van der Waals surface area contributed by atoms with E-state index in [0.717, 1.165) is 35.8 Å². The van der Waals surface area contributed by atoms with E-state index in [9.17, 15) is 4.79 Å². The topological polar surface area (TPSA) is 71.2 Å². The number of carbonyl (C=O) groups is 1. The predicted molar refractivity (Wildman–Crippen MR) is 83.1 cm³/mol. The molecule has 3 heterocycles. The SMILES string of the molecule is COC(=O)c1ccnn1C1CCN(c2ccc(C#N)s2)CC1. The fourth-order valence-electron chi connectivity index (χ4n) is 2.76. The number of nitrogens with zero attached hydrogens (tertiary/aromatic N) is 4. The maximum Gasteiger partial charge on any atom is 0.356 e. The molecule has 3 rings (SSSR count). The first kappa shape index (κ1) is 14.6. The Labute approximate surface area is 132 Å². The van der Waals surface area contributed by atoms with Crippen LogP contribution in [0.1, 0.15) is 34.2 Å². The number of thiophene rings is 1. The van der Waals surface area contributed by atoms with Gasteiger partial charge >= 0.3 is 5.97 Å². The Morgan fingerprint density at radius 1 is 1.41 bits per heavy atom. The number of aromatic nitrogens is 2. The molecule has 114 valence electrons. The van der Waals surface area contributed by atoms with Crippen LogP contribution in [0.3, 0.4) is 0 Å². The van der Waals surface area contributed by atoms with E-state index in [0.29, 0.717) is 5.69 Å². The van der Waals surface area contributed by atoms with E-state index in [1.165, 1.54) is 18.4 Å². The molecular weight excluding hydrogens is 300 g/mol. The predicted octanol–water partition coefficient (Wildman–Crippen LogP) is 2.44. The summed E-state index contributed by atoms with van der Waals surface area (Å²) >= 11 is 1.52. The Kier molecular flexibility index (Phi) is 4.11. The van der Waals surface area contributed by atoms with Gasteiger partial charge in [-0.25, -0.2) is 4.79 Å². The third kappa shape index (κ3) is 2.70. The Hall–Kier alpha value is -2.33. The summed E-state index contributed by atoms with van der Waals surface area (Å²) in [7, 11) is 1.38. The van der Waals surface area contributed by atoms with Crippen LogP contribution in [0.2, 0.25) is 0 Å². The zero-order valence-corrected chi connectivity index (χ0v) is 13.0. The van der Waals surface area contributed by atoms with Gasteiger partial charge in [0.2, 0.25) is 0 Å². The zero-order valence-electron chi connectivity index (χ0n) is 12.2. The van der Waals surface area contributed by atoms with Crippen LogP contribution < -0.4 is 4.90 Å². The van der Waals surface area contributed by atoms with Crippen molar-refractivity contribution in [3.63, 3.8) is 0 Å². The summed E-state index contributed by atoms with van der Waals surface area (Å²) in [5, 5.41) is 14.3. The van der Waals surface area contributed by atoms with Crippen LogP contribution in [0, 0.1) is 11.3 Å². The molecule has 7 heteroatoms. The van der Waals surface area contributed by atoms with Crippen LogP contribution in [0.4, 0.5) is 5.00 Å². The summed E-state index contributed by atoms with van der Waals surface area (Å²) in [5.41, 5.74) is 0.504. The van der Waals surface area contributed by atoms with Crippen molar-refractivity contribution in [3.05, 3.63) is 35.0 Å². The molecule has 2 aromatic heterocycles. The van der Waals surface area contributed by atoms with Crippen molar-refractivity contribution in [2.75, 3.05) is 25.1 Å². The van der Waals surface area contributed by atoms with Gasteiger partial charge in [0.25, 0.3) is 0 Å². The smallest absolute Gasteiger partial charge is 0.356 e. The Balaban J connectivity index is 1.68. The Morgan fingerprint density at radius 3 is 2.82 bits per heavy atom. The number of hydrogen-bond acceptors (Lipinski definition) is 6. The molecule has 0 aliphatic carbocycles. The molecule has 2 aromatic rings. The average molecular weight is 316 g/mol. The largest absolute Gasteiger partial charge is 0.464 e. The highest BCUT2D eigenvalue weighted by Gasteiger charge is 2.25. The number of ether oxygens (including phenoxy) is 1. The highest BCUT2D eigenvalue weighted by molar-refractivity contribution is 7.16. The molecule has 0 unspecified atom stereocenters. The molecule has 1 aliphatic heterocycles. The minimum absolute atomic E-state index is 0.204. The van der Waals surface area contributed by atoms with E-state index >= 15 is 0 Å². The summed E-state index contributed by atoms with van der Waals surface area (Å²) < 4.78 is 6.57. The average Bonchev–Trinajstić information content (AvgIpc) is 3.23. The fraction of sp³-hybridized carbons (Fsp3) is 0.400. The minimum atomic E-state index is -0.350. The van der Waals surface area contributed by atoms with E-state index in [1.54, 1.807) is 16.9 Å². The van der Waals surface area contributed by atoms with Gasteiger partial charge in [0.05, 0.1) is 18.2 Å². The number of carbonyl (C=O) groups excluding carboxylic acids is 1. The van der Waals surface area contributed by atoms with Crippen LogP contribution in [0.15, 0.2) is 24.4 Å². The number of anilines is 1. The minimum Gasteiger partial charge on any atom is -0.464 e. The molecule has 0 N–H and O–H groups in total. The molecule has 1 fully saturated rings. The fourth-order valence-corrected chi connectivity index (χ4v) is 3.61. The van der Waals surface area contributed by atoms with E-state index in [1.807, 2.05) is 12.1 Å². The van der Waals surface area contributed by atoms with E-state index in [4.69, 9.17) is 10.00 Å². The van der Waals surface area contributed by atoms with Crippen molar-refractivity contribution in [1.82, 2.24) is 9.78 Å². The number of esters is 1. The number of nitriles is 1. The third-order valence-electron chi connectivity index (χ3n) is 3.89. The van der Waals surface area contributed by atoms with Gasteiger partial charge in [-0.2, -0.15) is 10.4 Å². The normalized spacial score (nSPS) is 15.5. The van der Waals surface area contributed by atoms with Crippen molar-refractivity contribution >= 4 is 22.3 Å². The van der Waals surface area contributed by atoms with E-state index < -0.39 is 0 Å². The molecule has 0 amide bonds. The van der Waals surface area contributed by atoms with Crippen LogP contribution in [-0.4, -0.2) is 35.9 Å². The van der Waals surface area contributed by atoms with Gasteiger partial charge in [0.15, 0.2) is 0 Å². The van der Waals surface area contributed by atoms with Crippen molar-refractivity contribution < 1.29 is 9.53 Å². The lowest BCUT2D eigenvalue weighted by Gasteiger charge is -2.33. The molecule has 1 saturated heterocycles. The van der Waals surface area contributed by atoms with Gasteiger partial charge in [-0.15, -0.1) is 11.3 Å². The summed E-state index contributed by atoms with van der Waals surface area (Å²) in [4.78, 5) is 14.8. The van der Waals surface area contributed by atoms with Gasteiger partial charge in [-0.1, -0.05) is 0 Å². The summed E-state index contributed by atoms with van der Waals surface area (Å²) in [6.07, 6.45) is 3.45. The van der Waals surface area contributed by atoms with E-state index in [-0.39, 0.29) is 12.0 Å². The maximum atomic E-state index is 11.7. The van der Waals surface area contributed by atoms with Crippen molar-refractivity contribution in [1.29, 1.82) is 5.26 Å². The number of hydrogen-bond donors (Lipinski definition) is 0. The van der Waals surface area contributed by atoms with Crippen molar-refractivity contribution in [2.24, 2.45) is 0 Å². The second kappa shape index (κ2) is 6.20. The van der Waals surface area contributed by atoms with Gasteiger partial charge in [-0.3, -0.25) is 4.68 Å². The second-order valence-corrected chi connectivity index (χ2v) is 6.18. The number of rotatable bonds is 3. The molecular formula is C15H16N4O2S. The molecule has 0 spiro atoms. The maximum absolute atomic E-state index is 11.7. The van der Waals surface area contributed by atoms with Gasteiger partial charge in [-0.05, 0) is 31.0 Å². The molecule has 1 aliphatic rings.